The Morgan fingerprint density at radius 3 is 1.52 bits per heavy atom. The van der Waals surface area contributed by atoms with Gasteiger partial charge in [-0.3, -0.25) is 18.6 Å². The highest BCUT2D eigenvalue weighted by atomic mass is 31.2. The van der Waals surface area contributed by atoms with Crippen LogP contribution >= 0.6 is 7.82 Å². The average Bonchev–Trinajstić information content (AvgIpc) is 3.23. The van der Waals surface area contributed by atoms with Crippen LogP contribution in [0.1, 0.15) is 149 Å². The van der Waals surface area contributed by atoms with Gasteiger partial charge in [-0.05, 0) is 77.0 Å². The first kappa shape index (κ1) is 55.3. The summed E-state index contributed by atoms with van der Waals surface area (Å²) in [5.74, 6) is -1.18. The van der Waals surface area contributed by atoms with E-state index in [0.29, 0.717) is 19.3 Å². The molecule has 1 fully saturated rings. The Bertz CT molecular complexity index is 1330. The van der Waals surface area contributed by atoms with Crippen molar-refractivity contribution in [1.82, 2.24) is 0 Å². The zero-order chi connectivity index (χ0) is 44.3. The van der Waals surface area contributed by atoms with Crippen LogP contribution < -0.4 is 0 Å². The average molecular weight is 869 g/mol. The number of rotatable bonds is 35. The molecular formula is C46H77O13P. The summed E-state index contributed by atoms with van der Waals surface area (Å²) in [6, 6.07) is 0. The van der Waals surface area contributed by atoms with Gasteiger partial charge in [-0.25, -0.2) is 4.57 Å². The van der Waals surface area contributed by atoms with E-state index in [9.17, 15) is 44.6 Å². The van der Waals surface area contributed by atoms with Crippen LogP contribution in [0.15, 0.2) is 72.9 Å². The van der Waals surface area contributed by atoms with Crippen LogP contribution in [-0.4, -0.2) is 98.3 Å². The Morgan fingerprint density at radius 2 is 0.967 bits per heavy atom. The van der Waals surface area contributed by atoms with Crippen LogP contribution in [0, 0.1) is 0 Å². The second kappa shape index (κ2) is 35.8. The van der Waals surface area contributed by atoms with Gasteiger partial charge in [0.25, 0.3) is 0 Å². The number of carbonyl (C=O) groups excluding carboxylic acids is 2. The molecule has 13 nitrogen and oxygen atoms in total. The van der Waals surface area contributed by atoms with Crippen LogP contribution in [0.2, 0.25) is 0 Å². The molecule has 0 aromatic heterocycles. The summed E-state index contributed by atoms with van der Waals surface area (Å²) in [4.78, 5) is 35.6. The first-order valence-electron chi connectivity index (χ1n) is 22.2. The highest BCUT2D eigenvalue weighted by molar-refractivity contribution is 7.47. The lowest BCUT2D eigenvalue weighted by Gasteiger charge is -2.41. The maximum Gasteiger partial charge on any atom is 0.472 e. The van der Waals surface area contributed by atoms with Gasteiger partial charge < -0.3 is 39.9 Å². The summed E-state index contributed by atoms with van der Waals surface area (Å²) >= 11 is 0. The van der Waals surface area contributed by atoms with E-state index in [-0.39, 0.29) is 12.8 Å². The molecule has 1 saturated carbocycles. The van der Waals surface area contributed by atoms with Gasteiger partial charge >= 0.3 is 19.8 Å². The lowest BCUT2D eigenvalue weighted by atomic mass is 9.85. The fourth-order valence-corrected chi connectivity index (χ4v) is 7.17. The van der Waals surface area contributed by atoms with E-state index in [2.05, 4.69) is 74.6 Å². The molecule has 0 aromatic carbocycles. The van der Waals surface area contributed by atoms with E-state index in [1.54, 1.807) is 0 Å². The third-order valence-corrected chi connectivity index (χ3v) is 10.8. The van der Waals surface area contributed by atoms with E-state index >= 15 is 0 Å². The van der Waals surface area contributed by atoms with Crippen LogP contribution in [0.3, 0.4) is 0 Å². The molecule has 60 heavy (non-hydrogen) atoms. The predicted octanol–water partition coefficient (Wildman–Crippen LogP) is 8.33. The van der Waals surface area contributed by atoms with E-state index in [0.717, 1.165) is 70.6 Å². The lowest BCUT2D eigenvalue weighted by Crippen LogP contribution is -2.64. The number of aliphatic hydroxyl groups is 5. The molecule has 0 aliphatic heterocycles. The van der Waals surface area contributed by atoms with Crippen molar-refractivity contribution in [2.24, 2.45) is 0 Å². The summed E-state index contributed by atoms with van der Waals surface area (Å²) < 4.78 is 33.4. The molecule has 1 rings (SSSR count). The third-order valence-electron chi connectivity index (χ3n) is 9.78. The van der Waals surface area contributed by atoms with E-state index in [1.165, 1.54) is 32.1 Å². The van der Waals surface area contributed by atoms with Gasteiger partial charge in [0.2, 0.25) is 0 Å². The number of phosphoric ester groups is 1. The normalized spacial score (nSPS) is 22.9. The highest BCUT2D eigenvalue weighted by Crippen LogP contribution is 2.47. The number of phosphoric acid groups is 1. The maximum absolute atomic E-state index is 12.8. The minimum Gasteiger partial charge on any atom is -0.462 e. The first-order chi connectivity index (χ1) is 28.9. The molecule has 6 atom stereocenters. The number of carbonyl (C=O) groups is 2. The minimum absolute atomic E-state index is 0.0133. The summed E-state index contributed by atoms with van der Waals surface area (Å²) in [5.41, 5.74) is 0. The zero-order valence-electron chi connectivity index (χ0n) is 36.2. The van der Waals surface area contributed by atoms with Gasteiger partial charge in [0, 0.05) is 12.8 Å². The van der Waals surface area contributed by atoms with Crippen molar-refractivity contribution in [3.8, 4) is 0 Å². The Balaban J connectivity index is 2.54. The number of hydrogen-bond donors (Lipinski definition) is 6. The van der Waals surface area contributed by atoms with Crippen LogP contribution in [0.25, 0.3) is 0 Å². The van der Waals surface area contributed by atoms with Gasteiger partial charge in [0.05, 0.1) is 6.61 Å². The van der Waals surface area contributed by atoms with Crippen LogP contribution in [0.4, 0.5) is 0 Å². The summed E-state index contributed by atoms with van der Waals surface area (Å²) in [6.07, 6.45) is 31.1. The van der Waals surface area contributed by atoms with Crippen LogP contribution in [0.5, 0.6) is 0 Å². The molecule has 14 heteroatoms. The third kappa shape index (κ3) is 28.0. The monoisotopic (exact) mass is 869 g/mol. The molecule has 6 N–H and O–H groups in total. The van der Waals surface area contributed by atoms with Crippen molar-refractivity contribution in [2.45, 2.75) is 191 Å². The van der Waals surface area contributed by atoms with Gasteiger partial charge in [-0.15, -0.1) is 0 Å². The fraction of sp³-hybridized carbons (Fsp3) is 0.696. The Labute approximate surface area is 359 Å². The molecule has 0 spiro atoms. The molecule has 344 valence electrons. The second-order valence-electron chi connectivity index (χ2n) is 15.2. The smallest absolute Gasteiger partial charge is 0.462 e. The molecule has 0 aromatic rings. The fourth-order valence-electron chi connectivity index (χ4n) is 6.20. The van der Waals surface area contributed by atoms with Crippen molar-refractivity contribution in [1.29, 1.82) is 0 Å². The number of esters is 2. The first-order valence-corrected chi connectivity index (χ1v) is 23.7. The largest absolute Gasteiger partial charge is 0.472 e. The topological polar surface area (TPSA) is 210 Å². The van der Waals surface area contributed by atoms with Gasteiger partial charge in [0.15, 0.2) is 6.10 Å². The Morgan fingerprint density at radius 1 is 0.533 bits per heavy atom. The van der Waals surface area contributed by atoms with Crippen molar-refractivity contribution >= 4 is 19.8 Å². The van der Waals surface area contributed by atoms with Gasteiger partial charge in [-0.2, -0.15) is 0 Å². The predicted molar refractivity (Wildman–Crippen MR) is 235 cm³/mol. The molecule has 0 heterocycles. The number of allylic oxidation sites excluding steroid dienone is 12. The molecule has 0 bridgehead atoms. The van der Waals surface area contributed by atoms with E-state index in [4.69, 9.17) is 18.5 Å². The van der Waals surface area contributed by atoms with Crippen molar-refractivity contribution in [3.05, 3.63) is 72.9 Å². The van der Waals surface area contributed by atoms with Crippen molar-refractivity contribution in [3.63, 3.8) is 0 Å². The number of unbranched alkanes of at least 4 members (excludes halogenated alkanes) is 11. The van der Waals surface area contributed by atoms with Gasteiger partial charge in [-0.1, -0.05) is 132 Å². The maximum atomic E-state index is 12.8. The standard InChI is InChI=1S/C46H77O13P/c1-3-5-7-9-11-13-15-17-19-20-21-23-25-27-29-31-33-35-40(48)58-38(37-57-60(54,55)59-46-44(52)42(50)41(49)43(51)45(46)53)36-56-39(47)34-32-30-28-26-24-22-18-16-14-12-10-8-6-4-2/h5,7,11,13,16-19,21,23,27,29,38,41-46,49-53H,3-4,6,8-10,12,14-15,20,22,24-26,28,30-37H2,1-2H3,(H,54,55)/b7-5-,13-11-,18-16-,19-17-,23-21-,29-27-. The molecular weight excluding hydrogens is 791 g/mol. The molecule has 1 aliphatic carbocycles. The SMILES string of the molecule is CC/C=C\C/C=C\C/C=C\C/C=C\C/C=C\CCCC(=O)OC(COC(=O)CCCCCCC/C=C\CCCCCCC)COP(=O)(O)OC1C(O)C(O)C(O)C(O)C1O. The molecule has 6 unspecified atom stereocenters. The number of aliphatic hydroxyl groups excluding tert-OH is 5. The summed E-state index contributed by atoms with van der Waals surface area (Å²) in [7, 11) is -5.14. The van der Waals surface area contributed by atoms with E-state index in [1.807, 2.05) is 12.2 Å². The van der Waals surface area contributed by atoms with E-state index < -0.39 is 75.7 Å². The van der Waals surface area contributed by atoms with Crippen LogP contribution in [-0.2, 0) is 32.7 Å². The quantitative estimate of drug-likeness (QED) is 0.0153. The molecule has 1 aliphatic rings. The minimum atomic E-state index is -5.14. The molecule has 0 saturated heterocycles. The summed E-state index contributed by atoms with van der Waals surface area (Å²) in [5, 5.41) is 50.1. The van der Waals surface area contributed by atoms with Crippen molar-refractivity contribution < 1.29 is 63.1 Å². The second-order valence-corrected chi connectivity index (χ2v) is 16.6. The Kier molecular flexibility index (Phi) is 33.0. The van der Waals surface area contributed by atoms with Gasteiger partial charge in [0.1, 0.15) is 43.2 Å². The lowest BCUT2D eigenvalue weighted by molar-refractivity contribution is -0.220. The molecule has 0 radical (unpaired) electrons. The zero-order valence-corrected chi connectivity index (χ0v) is 37.1. The number of hydrogen-bond acceptors (Lipinski definition) is 12. The summed E-state index contributed by atoms with van der Waals surface area (Å²) in [6.45, 7) is 3.10. The Hall–Kier alpha value is -2.71. The highest BCUT2D eigenvalue weighted by Gasteiger charge is 2.51. The molecule has 0 amide bonds. The van der Waals surface area contributed by atoms with Crippen molar-refractivity contribution in [2.75, 3.05) is 13.2 Å². The number of ether oxygens (including phenoxy) is 2.